The molecule has 62 valence electrons. The van der Waals surface area contributed by atoms with E-state index in [1.54, 1.807) is 0 Å². The van der Waals surface area contributed by atoms with Gasteiger partial charge in [-0.1, -0.05) is 33.6 Å². The first-order chi connectivity index (χ1) is 4.74. The van der Waals surface area contributed by atoms with Gasteiger partial charge in [0, 0.05) is 5.38 Å². The van der Waals surface area contributed by atoms with Crippen molar-refractivity contribution in [3.8, 4) is 0 Å². The molecule has 0 aliphatic carbocycles. The van der Waals surface area contributed by atoms with E-state index in [1.807, 2.05) is 0 Å². The van der Waals surface area contributed by atoms with E-state index >= 15 is 0 Å². The Morgan fingerprint density at radius 3 is 1.80 bits per heavy atom. The Bertz CT molecular complexity index is 67.1. The molecule has 0 aliphatic heterocycles. The SMILES string of the molecule is CCC(Cl)CC(CC)CC. The van der Waals surface area contributed by atoms with Crippen LogP contribution in [0.2, 0.25) is 0 Å². The molecule has 0 aromatic rings. The molecule has 0 rings (SSSR count). The molecule has 0 N–H and O–H groups in total. The lowest BCUT2D eigenvalue weighted by Gasteiger charge is -2.14. The maximum absolute atomic E-state index is 6.02. The average Bonchev–Trinajstić information content (AvgIpc) is 1.99. The van der Waals surface area contributed by atoms with Crippen molar-refractivity contribution in [1.82, 2.24) is 0 Å². The van der Waals surface area contributed by atoms with Gasteiger partial charge in [-0.15, -0.1) is 11.6 Å². The number of halogens is 1. The van der Waals surface area contributed by atoms with E-state index in [9.17, 15) is 0 Å². The summed E-state index contributed by atoms with van der Waals surface area (Å²) in [6.07, 6.45) is 4.86. The van der Waals surface area contributed by atoms with Gasteiger partial charge in [-0.3, -0.25) is 0 Å². The van der Waals surface area contributed by atoms with Gasteiger partial charge in [0.15, 0.2) is 0 Å². The zero-order valence-electron chi connectivity index (χ0n) is 7.36. The Morgan fingerprint density at radius 2 is 1.50 bits per heavy atom. The highest BCUT2D eigenvalue weighted by atomic mass is 35.5. The van der Waals surface area contributed by atoms with Crippen LogP contribution in [0.15, 0.2) is 0 Å². The van der Waals surface area contributed by atoms with Gasteiger partial charge in [-0.2, -0.15) is 0 Å². The molecule has 0 aromatic carbocycles. The van der Waals surface area contributed by atoms with E-state index in [1.165, 1.54) is 19.3 Å². The first-order valence-corrected chi connectivity index (χ1v) is 4.82. The lowest BCUT2D eigenvalue weighted by Crippen LogP contribution is -2.05. The van der Waals surface area contributed by atoms with Crippen LogP contribution < -0.4 is 0 Å². The van der Waals surface area contributed by atoms with Crippen LogP contribution in [-0.2, 0) is 0 Å². The molecule has 0 heterocycles. The third-order valence-electron chi connectivity index (χ3n) is 2.19. The molecule has 0 aliphatic rings. The quantitative estimate of drug-likeness (QED) is 0.539. The molecule has 1 heteroatoms. The average molecular weight is 163 g/mol. The molecule has 0 spiro atoms. The van der Waals surface area contributed by atoms with E-state index in [2.05, 4.69) is 20.8 Å². The zero-order valence-corrected chi connectivity index (χ0v) is 8.12. The summed E-state index contributed by atoms with van der Waals surface area (Å²) in [7, 11) is 0. The molecule has 1 atom stereocenters. The predicted molar refractivity (Wildman–Crippen MR) is 48.6 cm³/mol. The molecular formula is C9H19Cl. The molecular weight excluding hydrogens is 144 g/mol. The molecule has 0 bridgehead atoms. The van der Waals surface area contributed by atoms with Crippen LogP contribution in [0, 0.1) is 5.92 Å². The highest BCUT2D eigenvalue weighted by Gasteiger charge is 2.08. The fourth-order valence-corrected chi connectivity index (χ4v) is 1.40. The monoisotopic (exact) mass is 162 g/mol. The van der Waals surface area contributed by atoms with E-state index < -0.39 is 0 Å². The lowest BCUT2D eigenvalue weighted by atomic mass is 9.97. The van der Waals surface area contributed by atoms with Gasteiger partial charge in [-0.05, 0) is 18.8 Å². The summed E-state index contributed by atoms with van der Waals surface area (Å²) >= 11 is 6.02. The summed E-state index contributed by atoms with van der Waals surface area (Å²) < 4.78 is 0. The fourth-order valence-electron chi connectivity index (χ4n) is 1.15. The Balaban J connectivity index is 3.41. The Morgan fingerprint density at radius 1 is 1.00 bits per heavy atom. The standard InChI is InChI=1S/C9H19Cl/c1-4-8(5-2)7-9(10)6-3/h8-9H,4-7H2,1-3H3. The van der Waals surface area contributed by atoms with Crippen LogP contribution in [-0.4, -0.2) is 5.38 Å². The number of hydrogen-bond donors (Lipinski definition) is 0. The van der Waals surface area contributed by atoms with Crippen LogP contribution in [0.25, 0.3) is 0 Å². The first kappa shape index (κ1) is 10.3. The van der Waals surface area contributed by atoms with Crippen molar-refractivity contribution < 1.29 is 0 Å². The minimum atomic E-state index is 0.407. The highest BCUT2D eigenvalue weighted by molar-refractivity contribution is 6.20. The van der Waals surface area contributed by atoms with Gasteiger partial charge in [0.2, 0.25) is 0 Å². The summed E-state index contributed by atoms with van der Waals surface area (Å²) in [5, 5.41) is 0.407. The molecule has 0 nitrogen and oxygen atoms in total. The topological polar surface area (TPSA) is 0 Å². The second-order valence-corrected chi connectivity index (χ2v) is 3.54. The van der Waals surface area contributed by atoms with Crippen molar-refractivity contribution >= 4 is 11.6 Å². The van der Waals surface area contributed by atoms with Crippen molar-refractivity contribution in [3.05, 3.63) is 0 Å². The lowest BCUT2D eigenvalue weighted by molar-refractivity contribution is 0.442. The van der Waals surface area contributed by atoms with Gasteiger partial charge in [-0.25, -0.2) is 0 Å². The molecule has 10 heavy (non-hydrogen) atoms. The highest BCUT2D eigenvalue weighted by Crippen LogP contribution is 2.19. The van der Waals surface area contributed by atoms with Crippen molar-refractivity contribution in [3.63, 3.8) is 0 Å². The number of alkyl halides is 1. The minimum Gasteiger partial charge on any atom is -0.123 e. The molecule has 0 amide bonds. The van der Waals surface area contributed by atoms with E-state index in [-0.39, 0.29) is 0 Å². The van der Waals surface area contributed by atoms with Crippen LogP contribution >= 0.6 is 11.6 Å². The smallest absolute Gasteiger partial charge is 0.0336 e. The van der Waals surface area contributed by atoms with Crippen molar-refractivity contribution in [1.29, 1.82) is 0 Å². The third kappa shape index (κ3) is 4.16. The molecule has 1 unspecified atom stereocenters. The summed E-state index contributed by atoms with van der Waals surface area (Å²) in [5.41, 5.74) is 0. The number of rotatable bonds is 5. The van der Waals surface area contributed by atoms with Crippen molar-refractivity contribution in [2.45, 2.75) is 51.8 Å². The largest absolute Gasteiger partial charge is 0.123 e. The summed E-state index contributed by atoms with van der Waals surface area (Å²) in [6, 6.07) is 0. The second kappa shape index (κ2) is 6.03. The van der Waals surface area contributed by atoms with Crippen molar-refractivity contribution in [2.75, 3.05) is 0 Å². The summed E-state index contributed by atoms with van der Waals surface area (Å²) in [6.45, 7) is 6.64. The van der Waals surface area contributed by atoms with Crippen LogP contribution in [0.3, 0.4) is 0 Å². The third-order valence-corrected chi connectivity index (χ3v) is 2.67. The van der Waals surface area contributed by atoms with E-state index in [4.69, 9.17) is 11.6 Å². The van der Waals surface area contributed by atoms with Crippen LogP contribution in [0.4, 0.5) is 0 Å². The van der Waals surface area contributed by atoms with Crippen molar-refractivity contribution in [2.24, 2.45) is 5.92 Å². The van der Waals surface area contributed by atoms with Gasteiger partial charge >= 0.3 is 0 Å². The first-order valence-electron chi connectivity index (χ1n) is 4.38. The van der Waals surface area contributed by atoms with Crippen LogP contribution in [0.1, 0.15) is 46.5 Å². The molecule has 0 radical (unpaired) electrons. The maximum Gasteiger partial charge on any atom is 0.0336 e. The molecule has 0 saturated carbocycles. The Hall–Kier alpha value is 0.290. The molecule has 0 aromatic heterocycles. The normalized spacial score (nSPS) is 14.1. The number of hydrogen-bond acceptors (Lipinski definition) is 0. The van der Waals surface area contributed by atoms with Gasteiger partial charge < -0.3 is 0 Å². The van der Waals surface area contributed by atoms with Gasteiger partial charge in [0.1, 0.15) is 0 Å². The molecule has 0 saturated heterocycles. The molecule has 0 fully saturated rings. The summed E-state index contributed by atoms with van der Waals surface area (Å²) in [5.74, 6) is 0.849. The fraction of sp³-hybridized carbons (Fsp3) is 1.00. The second-order valence-electron chi connectivity index (χ2n) is 2.92. The zero-order chi connectivity index (χ0) is 7.98. The Labute approximate surface area is 70.0 Å². The Kier molecular flexibility index (Phi) is 6.20. The predicted octanol–water partition coefficient (Wildman–Crippen LogP) is 3.83. The van der Waals surface area contributed by atoms with Gasteiger partial charge in [0.05, 0.1) is 0 Å². The van der Waals surface area contributed by atoms with Gasteiger partial charge in [0.25, 0.3) is 0 Å². The minimum absolute atomic E-state index is 0.407. The summed E-state index contributed by atoms with van der Waals surface area (Å²) in [4.78, 5) is 0. The van der Waals surface area contributed by atoms with Crippen LogP contribution in [0.5, 0.6) is 0 Å². The van der Waals surface area contributed by atoms with E-state index in [0.29, 0.717) is 5.38 Å². The van der Waals surface area contributed by atoms with E-state index in [0.717, 1.165) is 12.3 Å². The maximum atomic E-state index is 6.02.